The van der Waals surface area contributed by atoms with Crippen molar-refractivity contribution in [1.29, 1.82) is 0 Å². The summed E-state index contributed by atoms with van der Waals surface area (Å²) in [5.74, 6) is -1.01. The SMILES string of the molecule is CS(=O)(=O)N1CCc2cccc(Nc3nc(Nc4ccc(N5CCC(NCCNCCC6CCN(c7ccc8c(c7)C(=O)N(C7CCC(=O)NC7=O)C8=O)CC6)CC5)c(F)c4)nc4[nH]ccc34)c21. The van der Waals surface area contributed by atoms with Gasteiger partial charge in [-0.05, 0) is 112 Å². The van der Waals surface area contributed by atoms with E-state index >= 15 is 4.39 Å². The van der Waals surface area contributed by atoms with E-state index in [-0.39, 0.29) is 24.6 Å². The fourth-order valence-corrected chi connectivity index (χ4v) is 11.3. The number of nitrogens with zero attached hydrogens (tertiary/aromatic N) is 6. The number of hydrogen-bond donors (Lipinski definition) is 6. The minimum atomic E-state index is -3.48. The number of aromatic amines is 1. The molecular weight excluding hydrogens is 892 g/mol. The number of fused-ring (bicyclic) bond motifs is 3. The van der Waals surface area contributed by atoms with E-state index in [0.717, 1.165) is 99.5 Å². The molecule has 18 nitrogen and oxygen atoms in total. The fraction of sp³-hybridized carbons (Fsp3) is 0.417. The van der Waals surface area contributed by atoms with Crippen LogP contribution in [0.3, 0.4) is 0 Å². The molecule has 0 bridgehead atoms. The monoisotopic (exact) mass is 946 g/mol. The number of para-hydroxylation sites is 1. The van der Waals surface area contributed by atoms with Crippen molar-refractivity contribution in [2.24, 2.45) is 5.92 Å². The quantitative estimate of drug-likeness (QED) is 0.0617. The fourth-order valence-electron chi connectivity index (χ4n) is 10.3. The standard InChI is InChI=1S/C48H55FN12O6S/c1-68(66,67)60-26-15-30-3-2-4-38(42(30)60)54-44-35-12-19-52-43(35)56-48(57-44)53-32-5-8-39(37(49)27-32)59-24-16-31(17-25-59)51-21-20-50-18-11-29-13-22-58(23-14-29)33-6-7-34-36(28-33)47(65)61(46(34)64)40-9-10-41(62)55-45(40)63/h2-8,12,19,27-29,31,40,50-51H,9-11,13-18,20-26H2,1H3,(H,55,62,63)(H3,52,53,54,56,57). The highest BCUT2D eigenvalue weighted by atomic mass is 32.2. The molecule has 5 aromatic rings. The second-order valence-electron chi connectivity index (χ2n) is 18.3. The van der Waals surface area contributed by atoms with Crippen LogP contribution in [0.15, 0.2) is 66.9 Å². The highest BCUT2D eigenvalue weighted by molar-refractivity contribution is 7.92. The minimum absolute atomic E-state index is 0.0878. The number of rotatable bonds is 15. The van der Waals surface area contributed by atoms with Crippen LogP contribution in [0.2, 0.25) is 0 Å². The van der Waals surface area contributed by atoms with E-state index in [4.69, 9.17) is 4.98 Å². The highest BCUT2D eigenvalue weighted by Gasteiger charge is 2.45. The molecule has 3 aromatic carbocycles. The number of nitrogens with one attached hydrogen (secondary N) is 6. The van der Waals surface area contributed by atoms with Crippen molar-refractivity contribution in [1.82, 2.24) is 35.8 Å². The van der Waals surface area contributed by atoms with Gasteiger partial charge in [0.25, 0.3) is 11.8 Å². The average molecular weight is 947 g/mol. The van der Waals surface area contributed by atoms with Crippen LogP contribution in [0.4, 0.5) is 44.6 Å². The largest absolute Gasteiger partial charge is 0.371 e. The zero-order chi connectivity index (χ0) is 47.1. The number of imide groups is 2. The van der Waals surface area contributed by atoms with E-state index in [1.807, 2.05) is 36.4 Å². The minimum Gasteiger partial charge on any atom is -0.371 e. The van der Waals surface area contributed by atoms with Gasteiger partial charge in [0.2, 0.25) is 27.8 Å². The zero-order valence-corrected chi connectivity index (χ0v) is 38.6. The van der Waals surface area contributed by atoms with Crippen LogP contribution < -0.4 is 40.7 Å². The van der Waals surface area contributed by atoms with Gasteiger partial charge in [-0.15, -0.1) is 0 Å². The number of H-pyrrole nitrogens is 1. The van der Waals surface area contributed by atoms with Gasteiger partial charge < -0.3 is 36.1 Å². The smallest absolute Gasteiger partial charge is 0.262 e. The Kier molecular flexibility index (Phi) is 12.5. The third kappa shape index (κ3) is 9.19. The third-order valence-corrected chi connectivity index (χ3v) is 15.1. The summed E-state index contributed by atoms with van der Waals surface area (Å²) in [6.07, 6.45) is 8.72. The summed E-state index contributed by atoms with van der Waals surface area (Å²) in [5.41, 5.74) is 5.27. The lowest BCUT2D eigenvalue weighted by molar-refractivity contribution is -0.136. The number of benzene rings is 3. The maximum Gasteiger partial charge on any atom is 0.262 e. The van der Waals surface area contributed by atoms with Crippen molar-refractivity contribution in [3.8, 4) is 0 Å². The average Bonchev–Trinajstić information content (AvgIpc) is 4.05. The first-order valence-corrected chi connectivity index (χ1v) is 25.3. The number of halogens is 1. The topological polar surface area (TPSA) is 217 Å². The number of hydrogen-bond acceptors (Lipinski definition) is 14. The van der Waals surface area contributed by atoms with Crippen molar-refractivity contribution >= 4 is 84.9 Å². The molecule has 10 rings (SSSR count). The molecule has 0 saturated carbocycles. The Bertz CT molecular complexity index is 2900. The number of carbonyl (C=O) groups excluding carboxylic acids is 4. The number of sulfonamides is 1. The molecule has 0 radical (unpaired) electrons. The Morgan fingerprint density at radius 1 is 0.794 bits per heavy atom. The summed E-state index contributed by atoms with van der Waals surface area (Å²) in [5, 5.41) is 16.7. The normalized spacial score (nSPS) is 19.2. The Hall–Kier alpha value is -6.64. The van der Waals surface area contributed by atoms with Gasteiger partial charge in [0.15, 0.2) is 0 Å². The van der Waals surface area contributed by atoms with Gasteiger partial charge in [-0.2, -0.15) is 9.97 Å². The molecule has 68 heavy (non-hydrogen) atoms. The number of amides is 4. The molecule has 356 valence electrons. The predicted molar refractivity (Wildman–Crippen MR) is 258 cm³/mol. The van der Waals surface area contributed by atoms with E-state index in [9.17, 15) is 27.6 Å². The number of carbonyl (C=O) groups is 4. The number of aromatic nitrogens is 3. The summed E-state index contributed by atoms with van der Waals surface area (Å²) < 4.78 is 42.3. The van der Waals surface area contributed by atoms with Crippen LogP contribution in [0.1, 0.15) is 71.2 Å². The van der Waals surface area contributed by atoms with E-state index in [1.54, 1.807) is 24.4 Å². The molecule has 0 spiro atoms. The maximum atomic E-state index is 15.7. The first-order valence-electron chi connectivity index (χ1n) is 23.5. The van der Waals surface area contributed by atoms with Crippen LogP contribution >= 0.6 is 0 Å². The lowest BCUT2D eigenvalue weighted by atomic mass is 9.93. The van der Waals surface area contributed by atoms with E-state index < -0.39 is 39.7 Å². The predicted octanol–water partition coefficient (Wildman–Crippen LogP) is 4.76. The molecule has 2 aromatic heterocycles. The number of piperidine rings is 3. The van der Waals surface area contributed by atoms with E-state index in [2.05, 4.69) is 46.4 Å². The van der Waals surface area contributed by atoms with Crippen LogP contribution in [-0.2, 0) is 26.0 Å². The van der Waals surface area contributed by atoms with Crippen molar-refractivity contribution < 1.29 is 32.0 Å². The van der Waals surface area contributed by atoms with Gasteiger partial charge >= 0.3 is 0 Å². The summed E-state index contributed by atoms with van der Waals surface area (Å²) in [4.78, 5) is 68.3. The zero-order valence-electron chi connectivity index (χ0n) is 37.8. The van der Waals surface area contributed by atoms with E-state index in [1.165, 1.54) is 16.6 Å². The molecule has 0 aliphatic carbocycles. The molecule has 4 amide bonds. The molecule has 1 atom stereocenters. The first-order chi connectivity index (χ1) is 32.9. The second kappa shape index (κ2) is 18.8. The van der Waals surface area contributed by atoms with E-state index in [0.29, 0.717) is 70.3 Å². The maximum absolute atomic E-state index is 15.7. The van der Waals surface area contributed by atoms with Crippen molar-refractivity contribution in [2.45, 2.75) is 63.5 Å². The Balaban J connectivity index is 0.646. The first kappa shape index (κ1) is 45.2. The van der Waals surface area contributed by atoms with Crippen LogP contribution in [0, 0.1) is 11.7 Å². The van der Waals surface area contributed by atoms with Crippen molar-refractivity contribution in [3.63, 3.8) is 0 Å². The molecule has 1 unspecified atom stereocenters. The molecule has 20 heteroatoms. The summed E-state index contributed by atoms with van der Waals surface area (Å²) in [7, 11) is -3.48. The van der Waals surface area contributed by atoms with Gasteiger partial charge in [-0.1, -0.05) is 12.1 Å². The van der Waals surface area contributed by atoms with Crippen LogP contribution in [-0.4, -0.2) is 123 Å². The second-order valence-corrected chi connectivity index (χ2v) is 20.2. The van der Waals surface area contributed by atoms with Gasteiger partial charge in [0, 0.05) is 75.8 Å². The summed E-state index contributed by atoms with van der Waals surface area (Å²) in [6.45, 7) is 6.16. The Morgan fingerprint density at radius 2 is 1.59 bits per heavy atom. The van der Waals surface area contributed by atoms with Gasteiger partial charge in [0.1, 0.15) is 23.3 Å². The Labute approximate surface area is 393 Å². The van der Waals surface area contributed by atoms with Crippen molar-refractivity contribution in [3.05, 3.63) is 89.4 Å². The Morgan fingerprint density at radius 3 is 2.37 bits per heavy atom. The molecule has 5 aliphatic rings. The molecule has 7 heterocycles. The van der Waals surface area contributed by atoms with Crippen LogP contribution in [0.25, 0.3) is 11.0 Å². The van der Waals surface area contributed by atoms with Crippen molar-refractivity contribution in [2.75, 3.05) is 83.4 Å². The lowest BCUT2D eigenvalue weighted by Crippen LogP contribution is -2.54. The van der Waals surface area contributed by atoms with Gasteiger partial charge in [-0.25, -0.2) is 12.8 Å². The summed E-state index contributed by atoms with van der Waals surface area (Å²) in [6, 6.07) is 17.3. The molecule has 5 aliphatic heterocycles. The lowest BCUT2D eigenvalue weighted by Gasteiger charge is -2.34. The van der Waals surface area contributed by atoms with Gasteiger partial charge in [0.05, 0.1) is 39.8 Å². The van der Waals surface area contributed by atoms with Gasteiger partial charge in [-0.3, -0.25) is 33.7 Å². The highest BCUT2D eigenvalue weighted by Crippen LogP contribution is 2.40. The molecule has 3 fully saturated rings. The third-order valence-electron chi connectivity index (χ3n) is 13.9. The number of anilines is 7. The molecule has 3 saturated heterocycles. The summed E-state index contributed by atoms with van der Waals surface area (Å²) >= 11 is 0. The van der Waals surface area contributed by atoms with Crippen LogP contribution in [0.5, 0.6) is 0 Å². The molecule has 6 N–H and O–H groups in total. The molecular formula is C48H55FN12O6S.